The molecule has 7 heteroatoms. The second kappa shape index (κ2) is 6.07. The maximum atomic E-state index is 13.8. The number of amides is 2. The smallest absolute Gasteiger partial charge is 0.267 e. The number of benzene rings is 1. The second-order valence-electron chi connectivity index (χ2n) is 6.57. The minimum atomic E-state index is -0.926. The van der Waals surface area contributed by atoms with Gasteiger partial charge in [0.1, 0.15) is 0 Å². The number of rotatable bonds is 3. The van der Waals surface area contributed by atoms with Gasteiger partial charge in [0.05, 0.1) is 17.7 Å². The Morgan fingerprint density at radius 3 is 2.48 bits per heavy atom. The Morgan fingerprint density at radius 2 is 1.80 bits per heavy atom. The molecule has 2 aromatic rings. The lowest BCUT2D eigenvalue weighted by atomic mass is 10.0. The molecule has 2 unspecified atom stereocenters. The lowest BCUT2D eigenvalue weighted by molar-refractivity contribution is 0.0173. The van der Waals surface area contributed by atoms with E-state index in [0.717, 1.165) is 17.7 Å². The number of carbonyl (C=O) groups is 2. The largest absolute Gasteiger partial charge is 0.272 e. The highest BCUT2D eigenvalue weighted by molar-refractivity contribution is 6.34. The molecule has 1 aromatic heterocycles. The predicted octanol–water partition coefficient (Wildman–Crippen LogP) is 2.46. The molecule has 0 saturated carbocycles. The fourth-order valence-corrected chi connectivity index (χ4v) is 3.56. The Kier molecular flexibility index (Phi) is 3.88. The van der Waals surface area contributed by atoms with E-state index < -0.39 is 6.30 Å². The second-order valence-corrected chi connectivity index (χ2v) is 6.57. The van der Waals surface area contributed by atoms with Crippen LogP contribution in [0, 0.1) is 0 Å². The highest BCUT2D eigenvalue weighted by atomic mass is 19.1. The summed E-state index contributed by atoms with van der Waals surface area (Å²) in [5.41, 5.74) is 0.795. The molecule has 25 heavy (non-hydrogen) atoms. The van der Waals surface area contributed by atoms with E-state index >= 15 is 0 Å². The normalized spacial score (nSPS) is 24.0. The molecule has 2 aliphatic heterocycles. The first-order valence-electron chi connectivity index (χ1n) is 8.43. The fraction of sp³-hybridized carbons (Fsp3) is 0.389. The Bertz CT molecular complexity index is 799. The number of imide groups is 1. The van der Waals surface area contributed by atoms with Crippen LogP contribution in [-0.2, 0) is 6.54 Å². The summed E-state index contributed by atoms with van der Waals surface area (Å²) in [6, 6.07) is 8.46. The zero-order valence-electron chi connectivity index (χ0n) is 13.9. The van der Waals surface area contributed by atoms with E-state index in [4.69, 9.17) is 0 Å². The van der Waals surface area contributed by atoms with Crippen molar-refractivity contribution in [2.45, 2.75) is 38.1 Å². The van der Waals surface area contributed by atoms with Crippen LogP contribution in [-0.4, -0.2) is 45.9 Å². The standard InChI is InChI=1S/C18H19FN4O2/c1-21-12(5-4-8-15(21)19)11-22-10-9-16(20-22)23-17(24)13-6-2-3-7-14(13)18(23)25/h2-3,6-7,9-10,12,15H,4-5,8,11H2,1H3. The van der Waals surface area contributed by atoms with Gasteiger partial charge in [-0.3, -0.25) is 19.2 Å². The minimum absolute atomic E-state index is 0.0543. The van der Waals surface area contributed by atoms with E-state index in [0.29, 0.717) is 29.9 Å². The van der Waals surface area contributed by atoms with Gasteiger partial charge in [-0.25, -0.2) is 9.29 Å². The monoisotopic (exact) mass is 342 g/mol. The van der Waals surface area contributed by atoms with Crippen LogP contribution in [0.25, 0.3) is 0 Å². The number of hydrogen-bond donors (Lipinski definition) is 0. The van der Waals surface area contributed by atoms with Gasteiger partial charge in [-0.2, -0.15) is 5.10 Å². The number of anilines is 1. The van der Waals surface area contributed by atoms with E-state index in [1.54, 1.807) is 53.2 Å². The van der Waals surface area contributed by atoms with Crippen molar-refractivity contribution in [1.29, 1.82) is 0 Å². The quantitative estimate of drug-likeness (QED) is 0.635. The first-order valence-corrected chi connectivity index (χ1v) is 8.43. The van der Waals surface area contributed by atoms with Gasteiger partial charge in [0.2, 0.25) is 0 Å². The third-order valence-corrected chi connectivity index (χ3v) is 5.05. The lowest BCUT2D eigenvalue weighted by Gasteiger charge is -2.35. The van der Waals surface area contributed by atoms with Gasteiger partial charge in [0.15, 0.2) is 12.1 Å². The summed E-state index contributed by atoms with van der Waals surface area (Å²) in [7, 11) is 1.78. The average Bonchev–Trinajstić information content (AvgIpc) is 3.16. The molecule has 0 bridgehead atoms. The third-order valence-electron chi connectivity index (χ3n) is 5.05. The molecule has 130 valence electrons. The molecule has 1 aromatic carbocycles. The van der Waals surface area contributed by atoms with Crippen LogP contribution in [0.4, 0.5) is 10.2 Å². The van der Waals surface area contributed by atoms with Crippen LogP contribution in [0.2, 0.25) is 0 Å². The van der Waals surface area contributed by atoms with E-state index in [1.165, 1.54) is 0 Å². The molecule has 0 N–H and O–H groups in total. The number of fused-ring (bicyclic) bond motifs is 1. The van der Waals surface area contributed by atoms with E-state index in [2.05, 4.69) is 5.10 Å². The van der Waals surface area contributed by atoms with Crippen molar-refractivity contribution in [3.63, 3.8) is 0 Å². The molecule has 3 heterocycles. The Balaban J connectivity index is 1.54. The van der Waals surface area contributed by atoms with Crippen LogP contribution in [0.3, 0.4) is 0 Å². The van der Waals surface area contributed by atoms with Crippen molar-refractivity contribution in [2.75, 3.05) is 11.9 Å². The first kappa shape index (κ1) is 16.0. The highest BCUT2D eigenvalue weighted by Crippen LogP contribution is 2.28. The Hall–Kier alpha value is -2.54. The van der Waals surface area contributed by atoms with Crippen molar-refractivity contribution >= 4 is 17.6 Å². The molecule has 1 fully saturated rings. The summed E-state index contributed by atoms with van der Waals surface area (Å²) in [6.45, 7) is 0.528. The molecule has 0 radical (unpaired) electrons. The van der Waals surface area contributed by atoms with Crippen LogP contribution in [0.15, 0.2) is 36.5 Å². The van der Waals surface area contributed by atoms with Gasteiger partial charge in [0.25, 0.3) is 11.8 Å². The molecule has 1 saturated heterocycles. The SMILES string of the molecule is CN1C(F)CCCC1Cn1ccc(N2C(=O)c3ccccc3C2=O)n1. The van der Waals surface area contributed by atoms with Gasteiger partial charge in [-0.05, 0) is 38.4 Å². The van der Waals surface area contributed by atoms with E-state index in [1.807, 2.05) is 0 Å². The van der Waals surface area contributed by atoms with Crippen LogP contribution in [0.1, 0.15) is 40.0 Å². The summed E-state index contributed by atoms with van der Waals surface area (Å²) in [6.07, 6.45) is 3.12. The number of hydrogen-bond acceptors (Lipinski definition) is 4. The maximum absolute atomic E-state index is 13.8. The van der Waals surface area contributed by atoms with Crippen molar-refractivity contribution in [3.05, 3.63) is 47.7 Å². The number of likely N-dealkylation sites (tertiary alicyclic amines) is 1. The van der Waals surface area contributed by atoms with Gasteiger partial charge < -0.3 is 0 Å². The number of piperidine rings is 1. The molecule has 2 aliphatic rings. The van der Waals surface area contributed by atoms with Crippen molar-refractivity contribution < 1.29 is 14.0 Å². The molecule has 6 nitrogen and oxygen atoms in total. The number of carbonyl (C=O) groups excluding carboxylic acids is 2. The van der Waals surface area contributed by atoms with Gasteiger partial charge in [-0.1, -0.05) is 12.1 Å². The average molecular weight is 342 g/mol. The number of likely N-dealkylation sites (N-methyl/N-ethyl adjacent to an activating group) is 1. The topological polar surface area (TPSA) is 58.4 Å². The van der Waals surface area contributed by atoms with Crippen LogP contribution in [0.5, 0.6) is 0 Å². The third kappa shape index (κ3) is 2.64. The number of nitrogens with zero attached hydrogens (tertiary/aromatic N) is 4. The van der Waals surface area contributed by atoms with Crippen molar-refractivity contribution in [3.8, 4) is 0 Å². The van der Waals surface area contributed by atoms with Crippen LogP contribution < -0.4 is 4.90 Å². The molecule has 0 aliphatic carbocycles. The zero-order valence-corrected chi connectivity index (χ0v) is 13.9. The summed E-state index contributed by atoms with van der Waals surface area (Å²) in [5.74, 6) is -0.407. The van der Waals surface area contributed by atoms with E-state index in [-0.39, 0.29) is 17.9 Å². The first-order chi connectivity index (χ1) is 12.1. The van der Waals surface area contributed by atoms with E-state index in [9.17, 15) is 14.0 Å². The maximum Gasteiger partial charge on any atom is 0.267 e. The molecule has 4 rings (SSSR count). The van der Waals surface area contributed by atoms with Crippen molar-refractivity contribution in [1.82, 2.24) is 14.7 Å². The van der Waals surface area contributed by atoms with Gasteiger partial charge in [0, 0.05) is 18.3 Å². The summed E-state index contributed by atoms with van der Waals surface area (Å²) >= 11 is 0. The summed E-state index contributed by atoms with van der Waals surface area (Å²) < 4.78 is 15.5. The number of alkyl halides is 1. The molecule has 0 spiro atoms. The molecule has 2 atom stereocenters. The van der Waals surface area contributed by atoms with Gasteiger partial charge >= 0.3 is 0 Å². The fourth-order valence-electron chi connectivity index (χ4n) is 3.56. The highest BCUT2D eigenvalue weighted by Gasteiger charge is 2.37. The number of aromatic nitrogens is 2. The molecular weight excluding hydrogens is 323 g/mol. The van der Waals surface area contributed by atoms with Gasteiger partial charge in [-0.15, -0.1) is 0 Å². The zero-order chi connectivity index (χ0) is 17.6. The Morgan fingerprint density at radius 1 is 1.12 bits per heavy atom. The Labute approximate surface area is 144 Å². The lowest BCUT2D eigenvalue weighted by Crippen LogP contribution is -2.44. The predicted molar refractivity (Wildman–Crippen MR) is 90.1 cm³/mol. The molecule has 2 amide bonds. The number of halogens is 1. The minimum Gasteiger partial charge on any atom is -0.272 e. The summed E-state index contributed by atoms with van der Waals surface area (Å²) in [4.78, 5) is 27.8. The summed E-state index contributed by atoms with van der Waals surface area (Å²) in [5, 5.41) is 4.38. The van der Waals surface area contributed by atoms with Crippen LogP contribution >= 0.6 is 0 Å². The van der Waals surface area contributed by atoms with Crippen molar-refractivity contribution in [2.24, 2.45) is 0 Å². The molecular formula is C18H19FN4O2.